The highest BCUT2D eigenvalue weighted by atomic mass is 35.5. The van der Waals surface area contributed by atoms with Crippen LogP contribution in [0.25, 0.3) is 0 Å². The van der Waals surface area contributed by atoms with Crippen molar-refractivity contribution in [3.63, 3.8) is 0 Å². The van der Waals surface area contributed by atoms with E-state index in [4.69, 9.17) is 23.2 Å². The molecule has 3 rings (SSSR count). The minimum atomic E-state index is -3.19. The van der Waals surface area contributed by atoms with Crippen LogP contribution in [0.2, 0.25) is 10.0 Å². The fourth-order valence-electron chi connectivity index (χ4n) is 2.07. The van der Waals surface area contributed by atoms with E-state index in [1.165, 1.54) is 12.1 Å². The summed E-state index contributed by atoms with van der Waals surface area (Å²) in [6, 6.07) is 10.9. The standard InChI is InChI=1S/C14H7Cl2F2N/c15-9-6-10-12(11(16)7-9)19-13(14(10,17)18)8-4-2-1-3-5-8/h1-7H. The van der Waals surface area contributed by atoms with Crippen LogP contribution in [0.3, 0.4) is 0 Å². The molecule has 0 aromatic heterocycles. The number of nitrogens with zero attached hydrogens (tertiary/aromatic N) is 1. The first-order chi connectivity index (χ1) is 9.00. The molecule has 96 valence electrons. The van der Waals surface area contributed by atoms with Gasteiger partial charge >= 0.3 is 5.92 Å². The predicted molar refractivity (Wildman–Crippen MR) is 73.0 cm³/mol. The Balaban J connectivity index is 2.22. The van der Waals surface area contributed by atoms with E-state index >= 15 is 0 Å². The van der Waals surface area contributed by atoms with Crippen molar-refractivity contribution >= 4 is 34.6 Å². The monoisotopic (exact) mass is 297 g/mol. The Morgan fingerprint density at radius 2 is 1.68 bits per heavy atom. The molecule has 0 spiro atoms. The number of fused-ring (bicyclic) bond motifs is 1. The Kier molecular flexibility index (Phi) is 2.84. The molecule has 0 saturated heterocycles. The van der Waals surface area contributed by atoms with E-state index in [2.05, 4.69) is 4.99 Å². The molecule has 0 atom stereocenters. The van der Waals surface area contributed by atoms with Gasteiger partial charge in [0.1, 0.15) is 5.71 Å². The second kappa shape index (κ2) is 4.29. The Bertz CT molecular complexity index is 681. The molecule has 0 aliphatic carbocycles. The van der Waals surface area contributed by atoms with Gasteiger partial charge < -0.3 is 0 Å². The number of hydrogen-bond acceptors (Lipinski definition) is 1. The second-order valence-electron chi connectivity index (χ2n) is 4.18. The fourth-order valence-corrected chi connectivity index (χ4v) is 2.61. The van der Waals surface area contributed by atoms with Crippen LogP contribution >= 0.6 is 23.2 Å². The first kappa shape index (κ1) is 12.6. The summed E-state index contributed by atoms with van der Waals surface area (Å²) in [6.07, 6.45) is 0. The van der Waals surface area contributed by atoms with Crippen LogP contribution < -0.4 is 0 Å². The van der Waals surface area contributed by atoms with Crippen LogP contribution in [0.4, 0.5) is 14.5 Å². The van der Waals surface area contributed by atoms with Crippen molar-refractivity contribution < 1.29 is 8.78 Å². The second-order valence-corrected chi connectivity index (χ2v) is 5.03. The van der Waals surface area contributed by atoms with E-state index in [0.717, 1.165) is 0 Å². The van der Waals surface area contributed by atoms with E-state index in [0.29, 0.717) is 5.56 Å². The van der Waals surface area contributed by atoms with E-state index in [-0.39, 0.29) is 27.0 Å². The van der Waals surface area contributed by atoms with Crippen molar-refractivity contribution in [2.75, 3.05) is 0 Å². The van der Waals surface area contributed by atoms with Crippen molar-refractivity contribution in [1.82, 2.24) is 0 Å². The van der Waals surface area contributed by atoms with Crippen molar-refractivity contribution in [3.05, 3.63) is 63.6 Å². The minimum absolute atomic E-state index is 0.0925. The van der Waals surface area contributed by atoms with Crippen LogP contribution in [-0.4, -0.2) is 5.71 Å². The molecule has 0 fully saturated rings. The van der Waals surface area contributed by atoms with Gasteiger partial charge in [0.25, 0.3) is 0 Å². The predicted octanol–water partition coefficient (Wildman–Crippen LogP) is 5.22. The zero-order chi connectivity index (χ0) is 13.6. The van der Waals surface area contributed by atoms with Crippen LogP contribution in [0.1, 0.15) is 11.1 Å². The van der Waals surface area contributed by atoms with Gasteiger partial charge in [-0.05, 0) is 12.1 Å². The van der Waals surface area contributed by atoms with Crippen LogP contribution in [-0.2, 0) is 5.92 Å². The highest BCUT2D eigenvalue weighted by molar-refractivity contribution is 6.37. The summed E-state index contributed by atoms with van der Waals surface area (Å²) in [5.41, 5.74) is -0.0815. The van der Waals surface area contributed by atoms with Gasteiger partial charge in [0, 0.05) is 10.6 Å². The molecule has 0 saturated carbocycles. The average molecular weight is 298 g/mol. The van der Waals surface area contributed by atoms with Gasteiger partial charge in [-0.3, -0.25) is 0 Å². The largest absolute Gasteiger partial charge is 0.317 e. The zero-order valence-corrected chi connectivity index (χ0v) is 11.0. The lowest BCUT2D eigenvalue weighted by atomic mass is 10.0. The molecule has 0 amide bonds. The molecule has 1 aliphatic rings. The lowest BCUT2D eigenvalue weighted by Crippen LogP contribution is -2.23. The lowest BCUT2D eigenvalue weighted by Gasteiger charge is -2.14. The molecule has 0 bridgehead atoms. The maximum absolute atomic E-state index is 14.4. The first-order valence-electron chi connectivity index (χ1n) is 5.52. The maximum Gasteiger partial charge on any atom is 0.317 e. The van der Waals surface area contributed by atoms with Crippen LogP contribution in [0, 0.1) is 0 Å². The summed E-state index contributed by atoms with van der Waals surface area (Å²) < 4.78 is 28.8. The minimum Gasteiger partial charge on any atom is -0.244 e. The van der Waals surface area contributed by atoms with E-state index < -0.39 is 5.92 Å². The summed E-state index contributed by atoms with van der Waals surface area (Å²) in [4.78, 5) is 3.99. The number of hydrogen-bond donors (Lipinski definition) is 0. The van der Waals surface area contributed by atoms with E-state index in [1.54, 1.807) is 30.3 Å². The number of benzene rings is 2. The summed E-state index contributed by atoms with van der Waals surface area (Å²) in [6.45, 7) is 0. The van der Waals surface area contributed by atoms with E-state index in [1.807, 2.05) is 0 Å². The zero-order valence-electron chi connectivity index (χ0n) is 9.50. The molecule has 1 nitrogen and oxygen atoms in total. The molecule has 1 heterocycles. The molecule has 1 aliphatic heterocycles. The van der Waals surface area contributed by atoms with Crippen molar-refractivity contribution in [2.45, 2.75) is 5.92 Å². The summed E-state index contributed by atoms with van der Waals surface area (Å²) in [5, 5.41) is 0.307. The molecule has 5 heteroatoms. The Morgan fingerprint density at radius 3 is 2.37 bits per heavy atom. The van der Waals surface area contributed by atoms with Gasteiger partial charge in [0.05, 0.1) is 16.3 Å². The van der Waals surface area contributed by atoms with Gasteiger partial charge in [-0.2, -0.15) is 8.78 Å². The highest BCUT2D eigenvalue weighted by Gasteiger charge is 2.46. The Labute approximate surface area is 118 Å². The fraction of sp³-hybridized carbons (Fsp3) is 0.0714. The van der Waals surface area contributed by atoms with Crippen LogP contribution in [0.15, 0.2) is 47.5 Å². The average Bonchev–Trinajstić information content (AvgIpc) is 2.63. The van der Waals surface area contributed by atoms with Crippen molar-refractivity contribution in [3.8, 4) is 0 Å². The molecular formula is C14H7Cl2F2N. The summed E-state index contributed by atoms with van der Waals surface area (Å²) >= 11 is 11.7. The van der Waals surface area contributed by atoms with Crippen molar-refractivity contribution in [1.29, 1.82) is 0 Å². The Morgan fingerprint density at radius 1 is 1.00 bits per heavy atom. The third kappa shape index (κ3) is 1.94. The number of alkyl halides is 2. The van der Waals surface area contributed by atoms with Gasteiger partial charge in [-0.1, -0.05) is 53.5 Å². The SMILES string of the molecule is FC1(F)C(c2ccccc2)=Nc2c(Cl)cc(Cl)cc21. The van der Waals surface area contributed by atoms with Gasteiger partial charge in [0.2, 0.25) is 0 Å². The molecule has 19 heavy (non-hydrogen) atoms. The molecule has 2 aromatic rings. The highest BCUT2D eigenvalue weighted by Crippen LogP contribution is 2.48. The van der Waals surface area contributed by atoms with Gasteiger partial charge in [0.15, 0.2) is 0 Å². The lowest BCUT2D eigenvalue weighted by molar-refractivity contribution is 0.0811. The van der Waals surface area contributed by atoms with E-state index in [9.17, 15) is 8.78 Å². The number of aliphatic imine (C=N–C) groups is 1. The first-order valence-corrected chi connectivity index (χ1v) is 6.27. The normalized spacial score (nSPS) is 16.1. The topological polar surface area (TPSA) is 12.4 Å². The Hall–Kier alpha value is -1.45. The molecular weight excluding hydrogens is 291 g/mol. The molecule has 2 aromatic carbocycles. The van der Waals surface area contributed by atoms with Crippen LogP contribution in [0.5, 0.6) is 0 Å². The maximum atomic E-state index is 14.4. The number of rotatable bonds is 1. The van der Waals surface area contributed by atoms with Gasteiger partial charge in [-0.15, -0.1) is 0 Å². The molecule has 0 radical (unpaired) electrons. The number of halogens is 4. The van der Waals surface area contributed by atoms with Crippen molar-refractivity contribution in [2.24, 2.45) is 4.99 Å². The molecule has 0 unspecified atom stereocenters. The quantitative estimate of drug-likeness (QED) is 0.684. The third-order valence-electron chi connectivity index (χ3n) is 2.93. The summed E-state index contributed by atoms with van der Waals surface area (Å²) in [5.74, 6) is -3.19. The summed E-state index contributed by atoms with van der Waals surface area (Å²) in [7, 11) is 0. The molecule has 0 N–H and O–H groups in total. The third-order valence-corrected chi connectivity index (χ3v) is 3.44. The smallest absolute Gasteiger partial charge is 0.244 e. The van der Waals surface area contributed by atoms with Gasteiger partial charge in [-0.25, -0.2) is 4.99 Å².